The molecule has 0 aromatic heterocycles. The summed E-state index contributed by atoms with van der Waals surface area (Å²) in [6.45, 7) is 1.72. The first-order chi connectivity index (χ1) is 9.34. The SMILES string of the molecule is Cl.O=C(NCC1SCCc2ccccc21)C1CCCN1. The minimum absolute atomic E-state index is 0. The minimum Gasteiger partial charge on any atom is -0.353 e. The molecule has 2 atom stereocenters. The van der Waals surface area contributed by atoms with Crippen LogP contribution < -0.4 is 10.6 Å². The van der Waals surface area contributed by atoms with Crippen LogP contribution in [0.1, 0.15) is 29.2 Å². The number of carbonyl (C=O) groups excluding carboxylic acids is 1. The maximum atomic E-state index is 12.0. The molecular formula is C15H21ClN2OS. The van der Waals surface area contributed by atoms with Gasteiger partial charge in [-0.15, -0.1) is 12.4 Å². The van der Waals surface area contributed by atoms with E-state index in [0.717, 1.165) is 38.1 Å². The summed E-state index contributed by atoms with van der Waals surface area (Å²) in [5.41, 5.74) is 2.85. The molecule has 2 unspecified atom stereocenters. The molecule has 5 heteroatoms. The number of aryl methyl sites for hydroxylation is 1. The van der Waals surface area contributed by atoms with Crippen LogP contribution in [0.2, 0.25) is 0 Å². The van der Waals surface area contributed by atoms with E-state index in [1.165, 1.54) is 11.1 Å². The number of rotatable bonds is 3. The molecule has 20 heavy (non-hydrogen) atoms. The van der Waals surface area contributed by atoms with E-state index in [1.807, 2.05) is 11.8 Å². The number of benzene rings is 1. The largest absolute Gasteiger partial charge is 0.353 e. The second kappa shape index (κ2) is 7.34. The van der Waals surface area contributed by atoms with Crippen molar-refractivity contribution in [1.82, 2.24) is 10.6 Å². The van der Waals surface area contributed by atoms with Crippen LogP contribution in [0, 0.1) is 0 Å². The van der Waals surface area contributed by atoms with Gasteiger partial charge in [0, 0.05) is 11.8 Å². The summed E-state index contributed by atoms with van der Waals surface area (Å²) in [7, 11) is 0. The van der Waals surface area contributed by atoms with E-state index >= 15 is 0 Å². The van der Waals surface area contributed by atoms with E-state index in [-0.39, 0.29) is 24.4 Å². The van der Waals surface area contributed by atoms with Crippen LogP contribution in [0.15, 0.2) is 24.3 Å². The Bertz CT molecular complexity index is 463. The zero-order valence-electron chi connectivity index (χ0n) is 11.4. The fourth-order valence-corrected chi connectivity index (χ4v) is 4.10. The summed E-state index contributed by atoms with van der Waals surface area (Å²) in [5.74, 6) is 1.32. The Morgan fingerprint density at radius 1 is 1.40 bits per heavy atom. The lowest BCUT2D eigenvalue weighted by Crippen LogP contribution is -2.41. The van der Waals surface area contributed by atoms with Gasteiger partial charge in [-0.05, 0) is 42.7 Å². The summed E-state index contributed by atoms with van der Waals surface area (Å²) in [6.07, 6.45) is 3.23. The van der Waals surface area contributed by atoms with Crippen LogP contribution in [-0.2, 0) is 11.2 Å². The summed E-state index contributed by atoms with van der Waals surface area (Å²) in [6, 6.07) is 8.64. The van der Waals surface area contributed by atoms with Gasteiger partial charge in [0.15, 0.2) is 0 Å². The summed E-state index contributed by atoms with van der Waals surface area (Å²) >= 11 is 1.96. The lowest BCUT2D eigenvalue weighted by Gasteiger charge is -2.25. The van der Waals surface area contributed by atoms with E-state index in [9.17, 15) is 4.79 Å². The van der Waals surface area contributed by atoms with Crippen LogP contribution in [0.4, 0.5) is 0 Å². The third kappa shape index (κ3) is 3.48. The molecular weight excluding hydrogens is 292 g/mol. The average Bonchev–Trinajstić information content (AvgIpc) is 2.99. The Morgan fingerprint density at radius 2 is 2.25 bits per heavy atom. The summed E-state index contributed by atoms with van der Waals surface area (Å²) < 4.78 is 0. The van der Waals surface area contributed by atoms with Crippen LogP contribution >= 0.6 is 24.2 Å². The smallest absolute Gasteiger partial charge is 0.237 e. The van der Waals surface area contributed by atoms with Crippen LogP contribution in [0.25, 0.3) is 0 Å². The van der Waals surface area contributed by atoms with Crippen LogP contribution in [0.3, 0.4) is 0 Å². The van der Waals surface area contributed by atoms with Gasteiger partial charge in [0.1, 0.15) is 0 Å². The van der Waals surface area contributed by atoms with Crippen molar-refractivity contribution >= 4 is 30.1 Å². The predicted molar refractivity (Wildman–Crippen MR) is 86.6 cm³/mol. The number of hydrogen-bond acceptors (Lipinski definition) is 3. The standard InChI is InChI=1S/C15H20N2OS.ClH/c18-15(13-6-3-8-16-13)17-10-14-12-5-2-1-4-11(12)7-9-19-14;/h1-2,4-5,13-14,16H,3,6-10H2,(H,17,18);1H. The summed E-state index contributed by atoms with van der Waals surface area (Å²) in [5, 5.41) is 6.77. The molecule has 2 N–H and O–H groups in total. The van der Waals surface area contributed by atoms with Gasteiger partial charge in [0.05, 0.1) is 6.04 Å². The van der Waals surface area contributed by atoms with Crippen molar-refractivity contribution in [2.24, 2.45) is 0 Å². The molecule has 0 saturated carbocycles. The maximum absolute atomic E-state index is 12.0. The minimum atomic E-state index is 0. The fourth-order valence-electron chi connectivity index (χ4n) is 2.87. The van der Waals surface area contributed by atoms with Crippen molar-refractivity contribution in [1.29, 1.82) is 0 Å². The van der Waals surface area contributed by atoms with Crippen molar-refractivity contribution < 1.29 is 4.79 Å². The molecule has 3 rings (SSSR count). The molecule has 0 radical (unpaired) electrons. The van der Waals surface area contributed by atoms with Gasteiger partial charge < -0.3 is 10.6 Å². The molecule has 0 spiro atoms. The quantitative estimate of drug-likeness (QED) is 0.900. The Kier molecular flexibility index (Phi) is 5.75. The molecule has 110 valence electrons. The van der Waals surface area contributed by atoms with E-state index in [4.69, 9.17) is 0 Å². The third-order valence-electron chi connectivity index (χ3n) is 3.93. The van der Waals surface area contributed by atoms with Crippen molar-refractivity contribution in [2.75, 3.05) is 18.8 Å². The first kappa shape index (κ1) is 15.7. The number of nitrogens with one attached hydrogen (secondary N) is 2. The molecule has 0 aliphatic carbocycles. The molecule has 2 aliphatic heterocycles. The first-order valence-electron chi connectivity index (χ1n) is 7.05. The fraction of sp³-hybridized carbons (Fsp3) is 0.533. The Hall–Kier alpha value is -0.710. The molecule has 1 saturated heterocycles. The molecule has 3 nitrogen and oxygen atoms in total. The lowest BCUT2D eigenvalue weighted by atomic mass is 10.0. The maximum Gasteiger partial charge on any atom is 0.237 e. The number of halogens is 1. The number of amides is 1. The van der Waals surface area contributed by atoms with Gasteiger partial charge in [0.2, 0.25) is 5.91 Å². The molecule has 1 aromatic rings. The molecule has 1 amide bonds. The first-order valence-corrected chi connectivity index (χ1v) is 8.10. The summed E-state index contributed by atoms with van der Waals surface area (Å²) in [4.78, 5) is 12.0. The van der Waals surface area contributed by atoms with Gasteiger partial charge in [-0.3, -0.25) is 4.79 Å². The molecule has 2 aliphatic rings. The number of fused-ring (bicyclic) bond motifs is 1. The molecule has 1 aromatic carbocycles. The highest BCUT2D eigenvalue weighted by atomic mass is 35.5. The van der Waals surface area contributed by atoms with Crippen LogP contribution in [-0.4, -0.2) is 30.8 Å². The normalized spacial score (nSPS) is 24.6. The molecule has 2 heterocycles. The molecule has 1 fully saturated rings. The number of thioether (sulfide) groups is 1. The average molecular weight is 313 g/mol. The van der Waals surface area contributed by atoms with Gasteiger partial charge in [-0.1, -0.05) is 24.3 Å². The van der Waals surface area contributed by atoms with E-state index in [1.54, 1.807) is 0 Å². The lowest BCUT2D eigenvalue weighted by molar-refractivity contribution is -0.122. The van der Waals surface area contributed by atoms with Crippen LogP contribution in [0.5, 0.6) is 0 Å². The van der Waals surface area contributed by atoms with Gasteiger partial charge in [-0.25, -0.2) is 0 Å². The van der Waals surface area contributed by atoms with Crippen molar-refractivity contribution in [3.8, 4) is 0 Å². The van der Waals surface area contributed by atoms with Crippen molar-refractivity contribution in [3.05, 3.63) is 35.4 Å². The van der Waals surface area contributed by atoms with E-state index in [2.05, 4.69) is 34.9 Å². The van der Waals surface area contributed by atoms with Gasteiger partial charge in [-0.2, -0.15) is 11.8 Å². The molecule has 0 bridgehead atoms. The van der Waals surface area contributed by atoms with Gasteiger partial charge in [0.25, 0.3) is 0 Å². The number of carbonyl (C=O) groups is 1. The second-order valence-electron chi connectivity index (χ2n) is 5.20. The highest BCUT2D eigenvalue weighted by Gasteiger charge is 2.24. The van der Waals surface area contributed by atoms with Crippen molar-refractivity contribution in [2.45, 2.75) is 30.6 Å². The third-order valence-corrected chi connectivity index (χ3v) is 5.19. The zero-order chi connectivity index (χ0) is 13.1. The van der Waals surface area contributed by atoms with Crippen molar-refractivity contribution in [3.63, 3.8) is 0 Å². The zero-order valence-corrected chi connectivity index (χ0v) is 13.1. The highest BCUT2D eigenvalue weighted by Crippen LogP contribution is 2.35. The Balaban J connectivity index is 0.00000147. The highest BCUT2D eigenvalue weighted by molar-refractivity contribution is 7.99. The Morgan fingerprint density at radius 3 is 3.05 bits per heavy atom. The van der Waals surface area contributed by atoms with Gasteiger partial charge >= 0.3 is 0 Å². The monoisotopic (exact) mass is 312 g/mol. The van der Waals surface area contributed by atoms with E-state index in [0.29, 0.717) is 5.25 Å². The predicted octanol–water partition coefficient (Wildman–Crippen LogP) is 2.31. The Labute approximate surface area is 130 Å². The van der Waals surface area contributed by atoms with E-state index < -0.39 is 0 Å². The second-order valence-corrected chi connectivity index (χ2v) is 6.51. The number of hydrogen-bond donors (Lipinski definition) is 2. The topological polar surface area (TPSA) is 41.1 Å².